The number of carbonyl (C=O) groups is 2. The molecule has 1 fully saturated rings. The van der Waals surface area contributed by atoms with E-state index in [-0.39, 0.29) is 12.0 Å². The molecule has 0 bridgehead atoms. The van der Waals surface area contributed by atoms with E-state index < -0.39 is 5.60 Å². The van der Waals surface area contributed by atoms with Crippen LogP contribution in [0.5, 0.6) is 0 Å². The molecule has 1 aliphatic heterocycles. The number of halogens is 1. The number of nitrogens with one attached hydrogen (secondary N) is 1. The van der Waals surface area contributed by atoms with Crippen LogP contribution in [0.1, 0.15) is 31.1 Å². The van der Waals surface area contributed by atoms with E-state index in [9.17, 15) is 9.59 Å². The van der Waals surface area contributed by atoms with Gasteiger partial charge in [-0.05, 0) is 44.5 Å². The number of anilines is 1. The Kier molecular flexibility index (Phi) is 6.51. The van der Waals surface area contributed by atoms with Gasteiger partial charge >= 0.3 is 6.09 Å². The monoisotopic (exact) mass is 430 g/mol. The summed E-state index contributed by atoms with van der Waals surface area (Å²) in [4.78, 5) is 32.7. The molecular formula is C22H27ClN4O3. The molecular weight excluding hydrogens is 404 g/mol. The normalized spacial score (nSPS) is 14.4. The van der Waals surface area contributed by atoms with E-state index in [1.165, 1.54) is 0 Å². The Morgan fingerprint density at radius 3 is 2.30 bits per heavy atom. The van der Waals surface area contributed by atoms with Gasteiger partial charge in [0.1, 0.15) is 5.60 Å². The van der Waals surface area contributed by atoms with Crippen molar-refractivity contribution in [2.75, 3.05) is 38.5 Å². The third-order valence-electron chi connectivity index (χ3n) is 4.78. The van der Waals surface area contributed by atoms with E-state index in [4.69, 9.17) is 16.3 Å². The van der Waals surface area contributed by atoms with Gasteiger partial charge in [-0.1, -0.05) is 17.7 Å². The molecule has 8 heteroatoms. The van der Waals surface area contributed by atoms with E-state index in [2.05, 4.69) is 10.3 Å². The quantitative estimate of drug-likeness (QED) is 0.792. The minimum absolute atomic E-state index is 0.141. The Hall–Kier alpha value is -2.80. The number of nitrogens with zero attached hydrogens (tertiary/aromatic N) is 3. The van der Waals surface area contributed by atoms with E-state index in [1.807, 2.05) is 40.0 Å². The second-order valence-electron chi connectivity index (χ2n) is 8.17. The minimum Gasteiger partial charge on any atom is -0.444 e. The molecule has 0 unspecified atom stereocenters. The predicted octanol–water partition coefficient (Wildman–Crippen LogP) is 4.14. The Labute approximate surface area is 182 Å². The summed E-state index contributed by atoms with van der Waals surface area (Å²) in [6.45, 7) is 7.23. The van der Waals surface area contributed by atoms with Gasteiger partial charge in [0.25, 0.3) is 5.91 Å². The van der Waals surface area contributed by atoms with E-state index in [0.717, 1.165) is 16.8 Å². The summed E-state index contributed by atoms with van der Waals surface area (Å²) < 4.78 is 5.40. The average molecular weight is 431 g/mol. The van der Waals surface area contributed by atoms with Gasteiger partial charge in [-0.2, -0.15) is 0 Å². The molecule has 2 aromatic rings. The summed E-state index contributed by atoms with van der Waals surface area (Å²) in [7, 11) is 1.83. The average Bonchev–Trinajstić information content (AvgIpc) is 2.72. The van der Waals surface area contributed by atoms with Crippen molar-refractivity contribution in [1.82, 2.24) is 14.8 Å². The molecule has 1 N–H and O–H groups in total. The van der Waals surface area contributed by atoms with Crippen LogP contribution >= 0.6 is 11.6 Å². The zero-order valence-corrected chi connectivity index (χ0v) is 18.5. The Morgan fingerprint density at radius 2 is 1.70 bits per heavy atom. The maximum atomic E-state index is 13.0. The first-order valence-corrected chi connectivity index (χ1v) is 10.3. The number of rotatable bonds is 3. The van der Waals surface area contributed by atoms with Crippen LogP contribution in [-0.2, 0) is 4.74 Å². The van der Waals surface area contributed by atoms with Crippen LogP contribution in [0.15, 0.2) is 36.7 Å². The highest BCUT2D eigenvalue weighted by Gasteiger charge is 2.28. The molecule has 0 spiro atoms. The van der Waals surface area contributed by atoms with Crippen molar-refractivity contribution in [2.24, 2.45) is 0 Å². The maximum Gasteiger partial charge on any atom is 0.410 e. The van der Waals surface area contributed by atoms with E-state index >= 15 is 0 Å². The van der Waals surface area contributed by atoms with Crippen molar-refractivity contribution >= 4 is 29.3 Å². The van der Waals surface area contributed by atoms with Crippen molar-refractivity contribution in [2.45, 2.75) is 26.4 Å². The molecule has 1 aromatic carbocycles. The molecule has 2 amide bonds. The van der Waals surface area contributed by atoms with Gasteiger partial charge < -0.3 is 19.9 Å². The molecule has 160 valence electrons. The largest absolute Gasteiger partial charge is 0.444 e. The topological polar surface area (TPSA) is 74.8 Å². The zero-order chi connectivity index (χ0) is 21.9. The van der Waals surface area contributed by atoms with Crippen molar-refractivity contribution in [1.29, 1.82) is 0 Å². The lowest BCUT2D eigenvalue weighted by atomic mass is 10.0. The summed E-state index contributed by atoms with van der Waals surface area (Å²) in [6.07, 6.45) is 3.14. The van der Waals surface area contributed by atoms with Gasteiger partial charge in [0.15, 0.2) is 0 Å². The first-order chi connectivity index (χ1) is 14.2. The van der Waals surface area contributed by atoms with Crippen LogP contribution in [0.4, 0.5) is 10.5 Å². The van der Waals surface area contributed by atoms with Gasteiger partial charge in [0.2, 0.25) is 0 Å². The number of hydrogen-bond donors (Lipinski definition) is 1. The summed E-state index contributed by atoms with van der Waals surface area (Å²) in [5.74, 6) is -0.141. The second-order valence-corrected chi connectivity index (χ2v) is 8.57. The van der Waals surface area contributed by atoms with E-state index in [0.29, 0.717) is 36.8 Å². The number of ether oxygens (including phenoxy) is 1. The Bertz CT molecular complexity index is 934. The number of piperazine rings is 1. The molecule has 0 atom stereocenters. The predicted molar refractivity (Wildman–Crippen MR) is 118 cm³/mol. The molecule has 0 radical (unpaired) electrons. The van der Waals surface area contributed by atoms with Crippen molar-refractivity contribution in [3.05, 3.63) is 47.2 Å². The van der Waals surface area contributed by atoms with Crippen molar-refractivity contribution in [3.8, 4) is 11.1 Å². The summed E-state index contributed by atoms with van der Waals surface area (Å²) >= 11 is 6.45. The standard InChI is InChI=1S/C22H27ClN4O3/c1-22(2,3)30-21(29)27-9-7-26(8-10-27)20(28)18-6-5-15(12-19(18)23)16-11-17(24-4)14-25-13-16/h5-6,11-14,24H,7-10H2,1-4H3. The summed E-state index contributed by atoms with van der Waals surface area (Å²) in [6, 6.07) is 7.36. The van der Waals surface area contributed by atoms with E-state index in [1.54, 1.807) is 34.3 Å². The van der Waals surface area contributed by atoms with Crippen LogP contribution in [0.3, 0.4) is 0 Å². The summed E-state index contributed by atoms with van der Waals surface area (Å²) in [5.41, 5.74) is 2.60. The van der Waals surface area contributed by atoms with Gasteiger partial charge in [-0.25, -0.2) is 4.79 Å². The number of amides is 2. The molecule has 1 saturated heterocycles. The first-order valence-electron chi connectivity index (χ1n) is 9.88. The molecule has 3 rings (SSSR count). The maximum absolute atomic E-state index is 13.0. The van der Waals surface area contributed by atoms with Crippen molar-refractivity contribution < 1.29 is 14.3 Å². The van der Waals surface area contributed by atoms with Crippen LogP contribution in [0.25, 0.3) is 11.1 Å². The number of hydrogen-bond acceptors (Lipinski definition) is 5. The molecule has 0 saturated carbocycles. The molecule has 30 heavy (non-hydrogen) atoms. The number of carbonyl (C=O) groups excluding carboxylic acids is 2. The first kappa shape index (κ1) is 21.9. The third kappa shape index (κ3) is 5.21. The van der Waals surface area contributed by atoms with Crippen LogP contribution in [0, 0.1) is 0 Å². The molecule has 7 nitrogen and oxygen atoms in total. The lowest BCUT2D eigenvalue weighted by Gasteiger charge is -2.35. The van der Waals surface area contributed by atoms with Gasteiger partial charge in [0.05, 0.1) is 16.3 Å². The fraction of sp³-hybridized carbons (Fsp3) is 0.409. The number of pyridine rings is 1. The van der Waals surface area contributed by atoms with Crippen LogP contribution in [0.2, 0.25) is 5.02 Å². The summed E-state index contributed by atoms with van der Waals surface area (Å²) in [5, 5.41) is 3.45. The number of aromatic nitrogens is 1. The third-order valence-corrected chi connectivity index (χ3v) is 5.09. The molecule has 0 aliphatic carbocycles. The van der Waals surface area contributed by atoms with Crippen molar-refractivity contribution in [3.63, 3.8) is 0 Å². The highest BCUT2D eigenvalue weighted by Crippen LogP contribution is 2.28. The van der Waals surface area contributed by atoms with Gasteiger partial charge in [-0.15, -0.1) is 0 Å². The minimum atomic E-state index is -0.540. The van der Waals surface area contributed by atoms with Gasteiger partial charge in [0, 0.05) is 51.2 Å². The fourth-order valence-corrected chi connectivity index (χ4v) is 3.45. The second kappa shape index (κ2) is 8.92. The smallest absolute Gasteiger partial charge is 0.410 e. The van der Waals surface area contributed by atoms with Gasteiger partial charge in [-0.3, -0.25) is 9.78 Å². The zero-order valence-electron chi connectivity index (χ0n) is 17.7. The lowest BCUT2D eigenvalue weighted by Crippen LogP contribution is -2.51. The van der Waals surface area contributed by atoms with Crippen LogP contribution in [-0.4, -0.2) is 65.6 Å². The lowest BCUT2D eigenvalue weighted by molar-refractivity contribution is 0.0141. The SMILES string of the molecule is CNc1cncc(-c2ccc(C(=O)N3CCN(C(=O)OC(C)(C)C)CC3)c(Cl)c2)c1. The molecule has 1 aromatic heterocycles. The highest BCUT2D eigenvalue weighted by atomic mass is 35.5. The number of benzene rings is 1. The molecule has 1 aliphatic rings. The Balaban J connectivity index is 1.67. The van der Waals surface area contributed by atoms with Crippen LogP contribution < -0.4 is 5.32 Å². The highest BCUT2D eigenvalue weighted by molar-refractivity contribution is 6.34. The fourth-order valence-electron chi connectivity index (χ4n) is 3.19. The Morgan fingerprint density at radius 1 is 1.03 bits per heavy atom. The molecule has 2 heterocycles.